The van der Waals surface area contributed by atoms with E-state index >= 15 is 0 Å². The van der Waals surface area contributed by atoms with Gasteiger partial charge in [0.05, 0.1) is 4.90 Å². The van der Waals surface area contributed by atoms with Gasteiger partial charge >= 0.3 is 0 Å². The highest BCUT2D eigenvalue weighted by atomic mass is 79.9. The summed E-state index contributed by atoms with van der Waals surface area (Å²) in [5, 5.41) is 3.69. The van der Waals surface area contributed by atoms with Gasteiger partial charge in [-0.3, -0.25) is 4.79 Å². The van der Waals surface area contributed by atoms with E-state index in [0.717, 1.165) is 4.47 Å². The molecule has 1 aliphatic rings. The quantitative estimate of drug-likeness (QED) is 0.697. The van der Waals surface area contributed by atoms with Crippen molar-refractivity contribution in [2.45, 2.75) is 24.7 Å². The minimum absolute atomic E-state index is 0.0402. The molecule has 0 saturated carbocycles. The summed E-state index contributed by atoms with van der Waals surface area (Å²) in [6.07, 6.45) is 0.651. The Morgan fingerprint density at radius 1 is 1.19 bits per heavy atom. The number of piperazine rings is 1. The number of rotatable bonds is 5. The fraction of sp³-hybridized carbons (Fsp3) is 0.438. The van der Waals surface area contributed by atoms with Crippen LogP contribution in [0.25, 0.3) is 0 Å². The molecule has 1 aliphatic heterocycles. The van der Waals surface area contributed by atoms with Crippen LogP contribution in [0.4, 0.5) is 0 Å². The number of benzene rings is 1. The van der Waals surface area contributed by atoms with Gasteiger partial charge in [-0.25, -0.2) is 8.42 Å². The first-order chi connectivity index (χ1) is 12.4. The summed E-state index contributed by atoms with van der Waals surface area (Å²) < 4.78 is 32.6. The molecule has 2 aromatic rings. The van der Waals surface area contributed by atoms with Gasteiger partial charge in [0, 0.05) is 43.5 Å². The number of hydrogen-bond donors (Lipinski definition) is 0. The highest BCUT2D eigenvalue weighted by Crippen LogP contribution is 2.20. The van der Waals surface area contributed by atoms with Crippen LogP contribution in [-0.2, 0) is 21.2 Å². The molecule has 8 nitrogen and oxygen atoms in total. The van der Waals surface area contributed by atoms with E-state index in [0.29, 0.717) is 31.2 Å². The minimum atomic E-state index is -3.54. The molecule has 0 unspecified atom stereocenters. The van der Waals surface area contributed by atoms with Gasteiger partial charge in [-0.15, -0.1) is 0 Å². The first kappa shape index (κ1) is 19.0. The van der Waals surface area contributed by atoms with Gasteiger partial charge in [-0.1, -0.05) is 21.1 Å². The normalized spacial score (nSPS) is 16.0. The van der Waals surface area contributed by atoms with Gasteiger partial charge in [-0.05, 0) is 31.2 Å². The van der Waals surface area contributed by atoms with Gasteiger partial charge < -0.3 is 9.42 Å². The Balaban J connectivity index is 1.54. The van der Waals surface area contributed by atoms with Crippen molar-refractivity contribution >= 4 is 31.9 Å². The zero-order valence-electron chi connectivity index (χ0n) is 14.3. The molecule has 1 fully saturated rings. The van der Waals surface area contributed by atoms with Crippen LogP contribution in [0, 0.1) is 6.92 Å². The molecule has 1 aromatic carbocycles. The summed E-state index contributed by atoms with van der Waals surface area (Å²) in [6, 6.07) is 6.55. The number of carbonyl (C=O) groups excluding carboxylic acids is 1. The Morgan fingerprint density at radius 3 is 2.42 bits per heavy atom. The Kier molecular flexibility index (Phi) is 5.73. The lowest BCUT2D eigenvalue weighted by molar-refractivity contribution is -0.132. The summed E-state index contributed by atoms with van der Waals surface area (Å²) in [4.78, 5) is 18.3. The second-order valence-corrected chi connectivity index (χ2v) is 8.83. The fourth-order valence-electron chi connectivity index (χ4n) is 2.75. The van der Waals surface area contributed by atoms with Gasteiger partial charge in [0.25, 0.3) is 0 Å². The predicted octanol–water partition coefficient (Wildman–Crippen LogP) is 1.61. The third-order valence-corrected chi connectivity index (χ3v) is 6.61. The SMILES string of the molecule is Cc1noc(CCC(=O)N2CCN(S(=O)(=O)c3ccc(Br)cc3)CC2)n1. The van der Waals surface area contributed by atoms with E-state index in [1.165, 1.54) is 4.31 Å². The standard InChI is InChI=1S/C16H19BrN4O4S/c1-12-18-15(25-19-12)6-7-16(22)20-8-10-21(11-9-20)26(23,24)14-4-2-13(17)3-5-14/h2-5H,6-11H2,1H3. The molecule has 140 valence electrons. The van der Waals surface area contributed by atoms with Crippen LogP contribution >= 0.6 is 15.9 Å². The smallest absolute Gasteiger partial charge is 0.243 e. The number of aromatic nitrogens is 2. The molecule has 2 heterocycles. The van der Waals surface area contributed by atoms with Crippen molar-refractivity contribution in [1.29, 1.82) is 0 Å². The van der Waals surface area contributed by atoms with E-state index in [1.807, 2.05) is 0 Å². The number of nitrogens with zero attached hydrogens (tertiary/aromatic N) is 4. The molecule has 0 N–H and O–H groups in total. The molecule has 1 aromatic heterocycles. The summed E-state index contributed by atoms with van der Waals surface area (Å²) in [6.45, 7) is 3.03. The van der Waals surface area contributed by atoms with Crippen molar-refractivity contribution in [3.63, 3.8) is 0 Å². The second-order valence-electron chi connectivity index (χ2n) is 5.97. The lowest BCUT2D eigenvalue weighted by atomic mass is 10.2. The van der Waals surface area contributed by atoms with E-state index in [-0.39, 0.29) is 30.3 Å². The summed E-state index contributed by atoms with van der Waals surface area (Å²) in [5.74, 6) is 0.938. The van der Waals surface area contributed by atoms with E-state index < -0.39 is 10.0 Å². The van der Waals surface area contributed by atoms with Crippen LogP contribution in [0.1, 0.15) is 18.1 Å². The molecule has 1 amide bonds. The van der Waals surface area contributed by atoms with E-state index in [4.69, 9.17) is 4.52 Å². The molecule has 0 bridgehead atoms. The van der Waals surface area contributed by atoms with Gasteiger partial charge in [-0.2, -0.15) is 9.29 Å². The number of sulfonamides is 1. The van der Waals surface area contributed by atoms with Crippen molar-refractivity contribution < 1.29 is 17.7 Å². The lowest BCUT2D eigenvalue weighted by Gasteiger charge is -2.34. The molecule has 0 atom stereocenters. The summed E-state index contributed by atoms with van der Waals surface area (Å²) in [7, 11) is -3.54. The zero-order chi connectivity index (χ0) is 18.7. The zero-order valence-corrected chi connectivity index (χ0v) is 16.7. The lowest BCUT2D eigenvalue weighted by Crippen LogP contribution is -2.50. The molecule has 0 spiro atoms. The van der Waals surface area contributed by atoms with Crippen LogP contribution in [0.5, 0.6) is 0 Å². The Bertz CT molecular complexity index is 874. The van der Waals surface area contributed by atoms with Gasteiger partial charge in [0.1, 0.15) is 0 Å². The first-order valence-electron chi connectivity index (χ1n) is 8.19. The minimum Gasteiger partial charge on any atom is -0.340 e. The van der Waals surface area contributed by atoms with Crippen molar-refractivity contribution in [1.82, 2.24) is 19.3 Å². The van der Waals surface area contributed by atoms with Gasteiger partial charge in [0.15, 0.2) is 5.82 Å². The van der Waals surface area contributed by atoms with Crippen LogP contribution in [-0.4, -0.2) is 59.8 Å². The second kappa shape index (κ2) is 7.85. The Hall–Kier alpha value is -1.78. The maximum absolute atomic E-state index is 12.7. The molecular formula is C16H19BrN4O4S. The maximum Gasteiger partial charge on any atom is 0.243 e. The van der Waals surface area contributed by atoms with Crippen molar-refractivity contribution in [3.05, 3.63) is 40.5 Å². The Labute approximate surface area is 160 Å². The number of carbonyl (C=O) groups is 1. The van der Waals surface area contributed by atoms with Crippen molar-refractivity contribution in [2.75, 3.05) is 26.2 Å². The van der Waals surface area contributed by atoms with E-state index in [2.05, 4.69) is 26.1 Å². The summed E-state index contributed by atoms with van der Waals surface area (Å²) >= 11 is 3.30. The van der Waals surface area contributed by atoms with Crippen LogP contribution in [0.2, 0.25) is 0 Å². The highest BCUT2D eigenvalue weighted by Gasteiger charge is 2.30. The predicted molar refractivity (Wildman–Crippen MR) is 96.8 cm³/mol. The number of aryl methyl sites for hydroxylation is 2. The molecule has 3 rings (SSSR count). The third kappa shape index (κ3) is 4.30. The van der Waals surface area contributed by atoms with E-state index in [9.17, 15) is 13.2 Å². The largest absolute Gasteiger partial charge is 0.340 e. The van der Waals surface area contributed by atoms with Crippen LogP contribution in [0.15, 0.2) is 38.2 Å². The van der Waals surface area contributed by atoms with Crippen LogP contribution < -0.4 is 0 Å². The molecule has 10 heteroatoms. The molecule has 0 aliphatic carbocycles. The van der Waals surface area contributed by atoms with E-state index in [1.54, 1.807) is 36.1 Å². The highest BCUT2D eigenvalue weighted by molar-refractivity contribution is 9.10. The summed E-state index contributed by atoms with van der Waals surface area (Å²) in [5.41, 5.74) is 0. The maximum atomic E-state index is 12.7. The van der Waals surface area contributed by atoms with Gasteiger partial charge in [0.2, 0.25) is 21.8 Å². The average molecular weight is 443 g/mol. The molecule has 26 heavy (non-hydrogen) atoms. The van der Waals surface area contributed by atoms with Crippen LogP contribution in [0.3, 0.4) is 0 Å². The van der Waals surface area contributed by atoms with Crippen molar-refractivity contribution in [2.24, 2.45) is 0 Å². The topological polar surface area (TPSA) is 96.6 Å². The number of hydrogen-bond acceptors (Lipinski definition) is 6. The third-order valence-electron chi connectivity index (χ3n) is 4.17. The first-order valence-corrected chi connectivity index (χ1v) is 10.4. The number of halogens is 1. The molecular weight excluding hydrogens is 424 g/mol. The van der Waals surface area contributed by atoms with Crippen molar-refractivity contribution in [3.8, 4) is 0 Å². The monoisotopic (exact) mass is 442 g/mol. The number of amides is 1. The fourth-order valence-corrected chi connectivity index (χ4v) is 4.43. The molecule has 0 radical (unpaired) electrons. The molecule has 1 saturated heterocycles. The Morgan fingerprint density at radius 2 is 1.85 bits per heavy atom. The average Bonchev–Trinajstić information content (AvgIpc) is 3.05.